The number of aryl methyl sites for hydroxylation is 2. The van der Waals surface area contributed by atoms with Crippen LogP contribution in [0.2, 0.25) is 5.02 Å². The van der Waals surface area contributed by atoms with Gasteiger partial charge in [-0.2, -0.15) is 0 Å². The Hall–Kier alpha value is -3.31. The fourth-order valence-electron chi connectivity index (χ4n) is 2.83. The largest absolute Gasteiger partial charge is 0.480 e. The molecule has 1 atom stereocenters. The molecule has 0 spiro atoms. The fourth-order valence-corrected chi connectivity index (χ4v) is 3.02. The van der Waals surface area contributed by atoms with E-state index in [2.05, 4.69) is 5.32 Å². The molecule has 1 N–H and O–H groups in total. The third-order valence-electron chi connectivity index (χ3n) is 4.42. The second-order valence-corrected chi connectivity index (χ2v) is 7.21. The second kappa shape index (κ2) is 9.94. The van der Waals surface area contributed by atoms with Crippen molar-refractivity contribution in [1.82, 2.24) is 0 Å². The maximum Gasteiger partial charge on any atom is 0.345 e. The average Bonchev–Trinajstić information content (AvgIpc) is 2.74. The van der Waals surface area contributed by atoms with Gasteiger partial charge in [0.2, 0.25) is 6.10 Å². The highest BCUT2D eigenvalue weighted by molar-refractivity contribution is 6.32. The molecule has 0 aliphatic heterocycles. The van der Waals surface area contributed by atoms with Gasteiger partial charge >= 0.3 is 5.97 Å². The highest BCUT2D eigenvalue weighted by atomic mass is 35.5. The standard InChI is InChI=1S/C24H22ClNO4/c1-16-12-13-17(2)20(14-16)26-24(28)23(18-8-4-3-5-9-18)30-22(27)15-29-21-11-7-6-10-19(21)25/h3-14,23H,15H2,1-2H3,(H,26,28). The van der Waals surface area contributed by atoms with Crippen molar-refractivity contribution in [1.29, 1.82) is 0 Å². The zero-order valence-corrected chi connectivity index (χ0v) is 17.5. The smallest absolute Gasteiger partial charge is 0.345 e. The van der Waals surface area contributed by atoms with E-state index in [-0.39, 0.29) is 6.61 Å². The van der Waals surface area contributed by atoms with E-state index in [9.17, 15) is 9.59 Å². The highest BCUT2D eigenvalue weighted by Crippen LogP contribution is 2.25. The summed E-state index contributed by atoms with van der Waals surface area (Å²) >= 11 is 6.04. The van der Waals surface area contributed by atoms with Crippen LogP contribution in [-0.2, 0) is 14.3 Å². The van der Waals surface area contributed by atoms with Crippen LogP contribution in [0.15, 0.2) is 72.8 Å². The van der Waals surface area contributed by atoms with Crippen LogP contribution >= 0.6 is 11.6 Å². The number of anilines is 1. The number of carbonyl (C=O) groups is 2. The number of hydrogen-bond acceptors (Lipinski definition) is 4. The maximum atomic E-state index is 13.0. The lowest BCUT2D eigenvalue weighted by atomic mass is 10.1. The minimum atomic E-state index is -1.12. The summed E-state index contributed by atoms with van der Waals surface area (Å²) < 4.78 is 10.9. The third kappa shape index (κ3) is 5.61. The molecular formula is C24H22ClNO4. The maximum absolute atomic E-state index is 13.0. The fraction of sp³-hybridized carbons (Fsp3) is 0.167. The molecule has 3 rings (SSSR count). The number of amides is 1. The Balaban J connectivity index is 1.74. The quantitative estimate of drug-likeness (QED) is 0.526. The van der Waals surface area contributed by atoms with E-state index in [1.165, 1.54) is 0 Å². The molecule has 3 aromatic carbocycles. The summed E-state index contributed by atoms with van der Waals surface area (Å²) in [5, 5.41) is 3.25. The van der Waals surface area contributed by atoms with Gasteiger partial charge in [0.05, 0.1) is 5.02 Å². The summed E-state index contributed by atoms with van der Waals surface area (Å²) in [5.74, 6) is -0.756. The molecule has 5 nitrogen and oxygen atoms in total. The number of ether oxygens (including phenoxy) is 2. The van der Waals surface area contributed by atoms with E-state index in [0.717, 1.165) is 11.1 Å². The van der Waals surface area contributed by atoms with Gasteiger partial charge in [-0.3, -0.25) is 4.79 Å². The molecule has 0 bridgehead atoms. The van der Waals surface area contributed by atoms with E-state index in [0.29, 0.717) is 22.0 Å². The Bertz CT molecular complexity index is 1040. The van der Waals surface area contributed by atoms with Gasteiger partial charge in [-0.15, -0.1) is 0 Å². The molecule has 0 saturated carbocycles. The Kier molecular flexibility index (Phi) is 7.09. The van der Waals surface area contributed by atoms with E-state index in [1.54, 1.807) is 48.5 Å². The lowest BCUT2D eigenvalue weighted by molar-refractivity contribution is -0.156. The van der Waals surface area contributed by atoms with Crippen LogP contribution in [0, 0.1) is 13.8 Å². The van der Waals surface area contributed by atoms with Crippen LogP contribution in [0.5, 0.6) is 5.75 Å². The van der Waals surface area contributed by atoms with Gasteiger partial charge in [0, 0.05) is 11.3 Å². The van der Waals surface area contributed by atoms with Crippen molar-refractivity contribution in [3.05, 3.63) is 94.5 Å². The highest BCUT2D eigenvalue weighted by Gasteiger charge is 2.26. The number of rotatable bonds is 7. The van der Waals surface area contributed by atoms with E-state index in [1.807, 2.05) is 38.1 Å². The molecule has 0 aliphatic carbocycles. The van der Waals surface area contributed by atoms with E-state index in [4.69, 9.17) is 21.1 Å². The van der Waals surface area contributed by atoms with Crippen molar-refractivity contribution in [3.8, 4) is 5.75 Å². The lowest BCUT2D eigenvalue weighted by Gasteiger charge is -2.19. The molecule has 0 radical (unpaired) electrons. The summed E-state index contributed by atoms with van der Waals surface area (Å²) in [6.45, 7) is 3.47. The monoisotopic (exact) mass is 423 g/mol. The van der Waals surface area contributed by atoms with Gasteiger partial charge in [0.25, 0.3) is 5.91 Å². The van der Waals surface area contributed by atoms with Crippen LogP contribution in [0.3, 0.4) is 0 Å². The van der Waals surface area contributed by atoms with E-state index < -0.39 is 18.0 Å². The molecule has 1 amide bonds. The van der Waals surface area contributed by atoms with Gasteiger partial charge in [-0.05, 0) is 43.2 Å². The minimum Gasteiger partial charge on any atom is -0.480 e. The van der Waals surface area contributed by atoms with Crippen LogP contribution in [0.25, 0.3) is 0 Å². The molecule has 1 unspecified atom stereocenters. The minimum absolute atomic E-state index is 0.368. The van der Waals surface area contributed by atoms with Gasteiger partial charge in [-0.25, -0.2) is 4.79 Å². The van der Waals surface area contributed by atoms with Crippen molar-refractivity contribution < 1.29 is 19.1 Å². The van der Waals surface area contributed by atoms with Gasteiger partial charge in [0.15, 0.2) is 6.61 Å². The molecule has 0 heterocycles. The van der Waals surface area contributed by atoms with Crippen LogP contribution in [-0.4, -0.2) is 18.5 Å². The predicted octanol–water partition coefficient (Wildman–Crippen LogP) is 5.26. The Morgan fingerprint density at radius 1 is 0.967 bits per heavy atom. The summed E-state index contributed by atoms with van der Waals surface area (Å²) in [5.41, 5.74) is 3.15. The third-order valence-corrected chi connectivity index (χ3v) is 4.74. The Morgan fingerprint density at radius 3 is 2.40 bits per heavy atom. The Labute approximate surface area is 180 Å². The second-order valence-electron chi connectivity index (χ2n) is 6.81. The average molecular weight is 424 g/mol. The summed E-state index contributed by atoms with van der Waals surface area (Å²) in [4.78, 5) is 25.4. The molecule has 154 valence electrons. The number of esters is 1. The zero-order chi connectivity index (χ0) is 21.5. The van der Waals surface area contributed by atoms with Crippen LogP contribution in [0.4, 0.5) is 5.69 Å². The van der Waals surface area contributed by atoms with Gasteiger partial charge < -0.3 is 14.8 Å². The van der Waals surface area contributed by atoms with Crippen LogP contribution < -0.4 is 10.1 Å². The molecule has 0 aromatic heterocycles. The summed E-state index contributed by atoms with van der Waals surface area (Å²) in [7, 11) is 0. The molecule has 0 fully saturated rings. The van der Waals surface area contributed by atoms with Crippen molar-refractivity contribution in [2.75, 3.05) is 11.9 Å². The first-order chi connectivity index (χ1) is 14.4. The number of hydrogen-bond donors (Lipinski definition) is 1. The number of carbonyl (C=O) groups excluding carboxylic acids is 2. The number of benzene rings is 3. The van der Waals surface area contributed by atoms with Gasteiger partial charge in [-0.1, -0.05) is 66.2 Å². The molecule has 0 saturated heterocycles. The molecule has 0 aliphatic rings. The normalized spacial score (nSPS) is 11.4. The lowest BCUT2D eigenvalue weighted by Crippen LogP contribution is -2.28. The first-order valence-corrected chi connectivity index (χ1v) is 9.81. The van der Waals surface area contributed by atoms with Crippen molar-refractivity contribution in [2.24, 2.45) is 0 Å². The topological polar surface area (TPSA) is 64.6 Å². The summed E-state index contributed by atoms with van der Waals surface area (Å²) in [6, 6.07) is 21.4. The summed E-state index contributed by atoms with van der Waals surface area (Å²) in [6.07, 6.45) is -1.12. The first-order valence-electron chi connectivity index (χ1n) is 9.44. The van der Waals surface area contributed by atoms with Crippen LogP contribution in [0.1, 0.15) is 22.8 Å². The number of para-hydroxylation sites is 1. The first kappa shape index (κ1) is 21.4. The molecule has 6 heteroatoms. The SMILES string of the molecule is Cc1ccc(C)c(NC(=O)C(OC(=O)COc2ccccc2Cl)c2ccccc2)c1. The van der Waals surface area contributed by atoms with Gasteiger partial charge in [0.1, 0.15) is 5.75 Å². The number of halogens is 1. The van der Waals surface area contributed by atoms with Crippen molar-refractivity contribution >= 4 is 29.2 Å². The van der Waals surface area contributed by atoms with Crippen molar-refractivity contribution in [2.45, 2.75) is 20.0 Å². The molecule has 3 aromatic rings. The van der Waals surface area contributed by atoms with E-state index >= 15 is 0 Å². The number of nitrogens with one attached hydrogen (secondary N) is 1. The zero-order valence-electron chi connectivity index (χ0n) is 16.7. The predicted molar refractivity (Wildman–Crippen MR) is 117 cm³/mol. The Morgan fingerprint density at radius 2 is 1.67 bits per heavy atom. The molecular weight excluding hydrogens is 402 g/mol. The molecule has 30 heavy (non-hydrogen) atoms. The van der Waals surface area contributed by atoms with Crippen molar-refractivity contribution in [3.63, 3.8) is 0 Å².